The average Bonchev–Trinajstić information content (AvgIpc) is 3.03. The van der Waals surface area contributed by atoms with Gasteiger partial charge < -0.3 is 10.6 Å². The van der Waals surface area contributed by atoms with Crippen molar-refractivity contribution in [3.8, 4) is 0 Å². The number of benzene rings is 2. The fourth-order valence-electron chi connectivity index (χ4n) is 3.56. The zero-order chi connectivity index (χ0) is 19.7. The standard InChI is InChI=1S/C21H20N4O2S/c1-25-20-18(15(12-17(26)22-20)13-8-4-3-5-9-13)19(24-25)23-21(27)14-10-6-7-11-16(14)28-2/h3-11,15H,12H2,1-2H3,(H,22,26)(H,23,24,27)/t15-/m1/s1. The minimum Gasteiger partial charge on any atom is -0.311 e. The summed E-state index contributed by atoms with van der Waals surface area (Å²) >= 11 is 1.52. The zero-order valence-corrected chi connectivity index (χ0v) is 16.4. The minimum atomic E-state index is -0.213. The van der Waals surface area contributed by atoms with Crippen LogP contribution in [0, 0.1) is 0 Å². The Morgan fingerprint density at radius 3 is 2.64 bits per heavy atom. The van der Waals surface area contributed by atoms with Crippen LogP contribution >= 0.6 is 11.8 Å². The number of anilines is 2. The number of aryl methyl sites for hydroxylation is 1. The van der Waals surface area contributed by atoms with Crippen LogP contribution in [0.2, 0.25) is 0 Å². The van der Waals surface area contributed by atoms with E-state index in [1.165, 1.54) is 11.8 Å². The summed E-state index contributed by atoms with van der Waals surface area (Å²) in [6.07, 6.45) is 2.25. The molecule has 0 saturated heterocycles. The molecular weight excluding hydrogens is 372 g/mol. The summed E-state index contributed by atoms with van der Waals surface area (Å²) in [5, 5.41) is 10.3. The zero-order valence-electron chi connectivity index (χ0n) is 15.6. The van der Waals surface area contributed by atoms with E-state index in [4.69, 9.17) is 0 Å². The molecule has 0 bridgehead atoms. The maximum atomic E-state index is 12.9. The number of carbonyl (C=O) groups is 2. The number of thioether (sulfide) groups is 1. The SMILES string of the molecule is CSc1ccccc1C(=O)Nc1nn(C)c2c1[C@@H](c1ccccc1)CC(=O)N2. The molecule has 1 atom stereocenters. The van der Waals surface area contributed by atoms with Gasteiger partial charge in [0.25, 0.3) is 5.91 Å². The van der Waals surface area contributed by atoms with Crippen LogP contribution in [0.25, 0.3) is 0 Å². The smallest absolute Gasteiger partial charge is 0.258 e. The third-order valence-electron chi connectivity index (χ3n) is 4.87. The van der Waals surface area contributed by atoms with Crippen molar-refractivity contribution in [2.24, 2.45) is 7.05 Å². The molecule has 4 rings (SSSR count). The lowest BCUT2D eigenvalue weighted by Crippen LogP contribution is -2.25. The first-order valence-electron chi connectivity index (χ1n) is 8.94. The Labute approximate surface area is 167 Å². The third-order valence-corrected chi connectivity index (χ3v) is 5.66. The van der Waals surface area contributed by atoms with E-state index in [0.717, 1.165) is 16.0 Å². The lowest BCUT2D eigenvalue weighted by atomic mass is 9.86. The Balaban J connectivity index is 1.75. The van der Waals surface area contributed by atoms with E-state index >= 15 is 0 Å². The Hall–Kier alpha value is -3.06. The molecule has 0 radical (unpaired) electrons. The van der Waals surface area contributed by atoms with Crippen molar-refractivity contribution in [1.82, 2.24) is 9.78 Å². The van der Waals surface area contributed by atoms with Crippen LogP contribution in [0.3, 0.4) is 0 Å². The molecule has 0 saturated carbocycles. The Kier molecular flexibility index (Phi) is 4.92. The second-order valence-corrected chi connectivity index (χ2v) is 7.45. The average molecular weight is 392 g/mol. The van der Waals surface area contributed by atoms with Crippen LogP contribution in [-0.2, 0) is 11.8 Å². The molecule has 0 aliphatic carbocycles. The molecular formula is C21H20N4O2S. The highest BCUT2D eigenvalue weighted by Gasteiger charge is 2.33. The number of carbonyl (C=O) groups excluding carboxylic acids is 2. The van der Waals surface area contributed by atoms with E-state index < -0.39 is 0 Å². The first-order chi connectivity index (χ1) is 13.6. The summed E-state index contributed by atoms with van der Waals surface area (Å²) in [5.41, 5.74) is 2.46. The Bertz CT molecular complexity index is 1050. The normalized spacial score (nSPS) is 15.6. The van der Waals surface area contributed by atoms with Crippen molar-refractivity contribution in [2.75, 3.05) is 16.9 Å². The molecule has 6 nitrogen and oxygen atoms in total. The number of nitrogens with one attached hydrogen (secondary N) is 2. The minimum absolute atomic E-state index is 0.0602. The van der Waals surface area contributed by atoms with Gasteiger partial charge in [-0.3, -0.25) is 14.3 Å². The number of amides is 2. The van der Waals surface area contributed by atoms with E-state index in [1.807, 2.05) is 54.8 Å². The van der Waals surface area contributed by atoms with Crippen LogP contribution in [-0.4, -0.2) is 27.9 Å². The summed E-state index contributed by atoms with van der Waals surface area (Å²) in [7, 11) is 1.76. The molecule has 0 fully saturated rings. The molecule has 2 N–H and O–H groups in total. The van der Waals surface area contributed by atoms with Crippen LogP contribution < -0.4 is 10.6 Å². The highest BCUT2D eigenvalue weighted by Crippen LogP contribution is 2.41. The van der Waals surface area contributed by atoms with E-state index in [9.17, 15) is 9.59 Å². The highest BCUT2D eigenvalue weighted by molar-refractivity contribution is 7.98. The maximum Gasteiger partial charge on any atom is 0.258 e. The first-order valence-corrected chi connectivity index (χ1v) is 10.2. The highest BCUT2D eigenvalue weighted by atomic mass is 32.2. The van der Waals surface area contributed by atoms with Gasteiger partial charge in [0.1, 0.15) is 5.82 Å². The summed E-state index contributed by atoms with van der Waals surface area (Å²) in [6, 6.07) is 17.3. The number of rotatable bonds is 4. The Morgan fingerprint density at radius 1 is 1.18 bits per heavy atom. The summed E-state index contributed by atoms with van der Waals surface area (Å²) < 4.78 is 1.61. The second-order valence-electron chi connectivity index (χ2n) is 6.60. The van der Waals surface area contributed by atoms with E-state index in [0.29, 0.717) is 23.6 Å². The predicted octanol–water partition coefficient (Wildman–Crippen LogP) is 3.87. The van der Waals surface area contributed by atoms with Gasteiger partial charge in [-0.1, -0.05) is 42.5 Å². The van der Waals surface area contributed by atoms with Gasteiger partial charge in [-0.2, -0.15) is 5.10 Å². The number of aromatic nitrogens is 2. The van der Waals surface area contributed by atoms with Gasteiger partial charge in [0.2, 0.25) is 5.91 Å². The van der Waals surface area contributed by atoms with Crippen LogP contribution in [0.1, 0.15) is 33.8 Å². The molecule has 2 amide bonds. The van der Waals surface area contributed by atoms with Crippen LogP contribution in [0.4, 0.5) is 11.6 Å². The number of hydrogen-bond donors (Lipinski definition) is 2. The molecule has 3 aromatic rings. The van der Waals surface area contributed by atoms with Crippen LogP contribution in [0.15, 0.2) is 59.5 Å². The summed E-state index contributed by atoms with van der Waals surface area (Å²) in [5.74, 6) is 0.667. The van der Waals surface area contributed by atoms with Gasteiger partial charge in [-0.15, -0.1) is 11.8 Å². The molecule has 1 aliphatic heterocycles. The maximum absolute atomic E-state index is 12.9. The summed E-state index contributed by atoms with van der Waals surface area (Å²) in [4.78, 5) is 26.1. The lowest BCUT2D eigenvalue weighted by Gasteiger charge is -2.24. The lowest BCUT2D eigenvalue weighted by molar-refractivity contribution is -0.116. The summed E-state index contributed by atoms with van der Waals surface area (Å²) in [6.45, 7) is 0. The second kappa shape index (κ2) is 7.52. The molecule has 1 aromatic heterocycles. The molecule has 28 heavy (non-hydrogen) atoms. The fraction of sp³-hybridized carbons (Fsp3) is 0.190. The van der Waals surface area contributed by atoms with Crippen molar-refractivity contribution < 1.29 is 9.59 Å². The molecule has 2 aromatic carbocycles. The van der Waals surface area contributed by atoms with Crippen LogP contribution in [0.5, 0.6) is 0 Å². The molecule has 0 spiro atoms. The fourth-order valence-corrected chi connectivity index (χ4v) is 4.15. The number of fused-ring (bicyclic) bond motifs is 1. The largest absolute Gasteiger partial charge is 0.311 e. The van der Waals surface area contributed by atoms with Gasteiger partial charge in [0.15, 0.2) is 5.82 Å². The van der Waals surface area contributed by atoms with Crippen molar-refractivity contribution in [1.29, 1.82) is 0 Å². The molecule has 0 unspecified atom stereocenters. The van der Waals surface area contributed by atoms with Crippen molar-refractivity contribution >= 4 is 35.2 Å². The number of nitrogens with zero attached hydrogens (tertiary/aromatic N) is 2. The van der Waals surface area contributed by atoms with Gasteiger partial charge in [0, 0.05) is 29.8 Å². The van der Waals surface area contributed by atoms with Crippen molar-refractivity contribution in [2.45, 2.75) is 17.2 Å². The number of hydrogen-bond acceptors (Lipinski definition) is 4. The van der Waals surface area contributed by atoms with E-state index in [1.54, 1.807) is 17.8 Å². The van der Waals surface area contributed by atoms with E-state index in [-0.39, 0.29) is 17.7 Å². The Morgan fingerprint density at radius 2 is 1.89 bits per heavy atom. The van der Waals surface area contributed by atoms with Gasteiger partial charge in [-0.25, -0.2) is 0 Å². The molecule has 7 heteroatoms. The van der Waals surface area contributed by atoms with E-state index in [2.05, 4.69) is 15.7 Å². The monoisotopic (exact) mass is 392 g/mol. The third kappa shape index (κ3) is 3.29. The molecule has 2 heterocycles. The van der Waals surface area contributed by atoms with Crippen molar-refractivity contribution in [3.63, 3.8) is 0 Å². The van der Waals surface area contributed by atoms with Gasteiger partial charge in [-0.05, 0) is 24.0 Å². The topological polar surface area (TPSA) is 76.0 Å². The van der Waals surface area contributed by atoms with Gasteiger partial charge >= 0.3 is 0 Å². The van der Waals surface area contributed by atoms with Crippen molar-refractivity contribution in [3.05, 3.63) is 71.3 Å². The molecule has 1 aliphatic rings. The van der Waals surface area contributed by atoms with Gasteiger partial charge in [0.05, 0.1) is 5.56 Å². The first kappa shape index (κ1) is 18.3. The quantitative estimate of drug-likeness (QED) is 0.661. The molecule has 142 valence electrons. The predicted molar refractivity (Wildman–Crippen MR) is 111 cm³/mol.